The summed E-state index contributed by atoms with van der Waals surface area (Å²) in [6, 6.07) is 17.0. The molecule has 0 spiro atoms. The van der Waals surface area contributed by atoms with Crippen molar-refractivity contribution in [3.05, 3.63) is 63.5 Å². The van der Waals surface area contributed by atoms with Crippen molar-refractivity contribution in [3.8, 4) is 11.6 Å². The Morgan fingerprint density at radius 2 is 1.86 bits per heavy atom. The minimum absolute atomic E-state index is 0.166. The Labute approximate surface area is 176 Å². The first kappa shape index (κ1) is 18.6. The summed E-state index contributed by atoms with van der Waals surface area (Å²) >= 11 is 6.81. The molecule has 8 heteroatoms. The molecule has 1 heterocycles. The van der Waals surface area contributed by atoms with Crippen molar-refractivity contribution in [1.29, 1.82) is 0 Å². The third-order valence-electron chi connectivity index (χ3n) is 4.14. The van der Waals surface area contributed by atoms with Crippen molar-refractivity contribution in [2.24, 2.45) is 10.2 Å². The molecule has 4 rings (SSSR count). The van der Waals surface area contributed by atoms with Crippen LogP contribution < -0.4 is 4.74 Å². The number of carbonyl (C=O) groups is 1. The molecule has 4 aromatic rings. The number of aromatic nitrogens is 1. The minimum atomic E-state index is -0.559. The molecule has 0 atom stereocenters. The maximum atomic E-state index is 12.1. The maximum Gasteiger partial charge on any atom is 0.302 e. The first-order valence-corrected chi connectivity index (χ1v) is 9.86. The monoisotopic (exact) mass is 501 g/mol. The number of aromatic hydroxyl groups is 1. The second-order valence-corrected chi connectivity index (χ2v) is 7.76. The predicted molar refractivity (Wildman–Crippen MR) is 114 cm³/mol. The molecule has 0 saturated heterocycles. The van der Waals surface area contributed by atoms with Crippen molar-refractivity contribution in [1.82, 2.24) is 4.98 Å². The summed E-state index contributed by atoms with van der Waals surface area (Å²) < 4.78 is 7.17. The number of H-pyrrole nitrogens is 1. The van der Waals surface area contributed by atoms with Crippen molar-refractivity contribution in [3.63, 3.8) is 0 Å². The van der Waals surface area contributed by atoms with E-state index >= 15 is 0 Å². The number of hydrogen-bond acceptors (Lipinski definition) is 4. The molecule has 0 aliphatic heterocycles. The lowest BCUT2D eigenvalue weighted by atomic mass is 10.1. The van der Waals surface area contributed by atoms with Gasteiger partial charge in [-0.05, 0) is 39.5 Å². The third kappa shape index (κ3) is 3.65. The number of aromatic amines is 1. The van der Waals surface area contributed by atoms with Gasteiger partial charge in [0.15, 0.2) is 12.3 Å². The lowest BCUT2D eigenvalue weighted by Gasteiger charge is -2.06. The number of nitrogens with one attached hydrogen (secondary N) is 1. The van der Waals surface area contributed by atoms with Gasteiger partial charge in [-0.2, -0.15) is 0 Å². The van der Waals surface area contributed by atoms with Crippen LogP contribution in [0.15, 0.2) is 73.8 Å². The Bertz CT molecular complexity index is 1230. The fourth-order valence-corrected chi connectivity index (χ4v) is 4.21. The summed E-state index contributed by atoms with van der Waals surface area (Å²) in [6.45, 7) is -0.256. The Morgan fingerprint density at radius 3 is 2.71 bits per heavy atom. The predicted octanol–water partition coefficient (Wildman–Crippen LogP) is 6.24. The van der Waals surface area contributed by atoms with Gasteiger partial charge in [0.25, 0.3) is 0 Å². The first-order valence-electron chi connectivity index (χ1n) is 8.28. The summed E-state index contributed by atoms with van der Waals surface area (Å²) in [7, 11) is 0. The van der Waals surface area contributed by atoms with Gasteiger partial charge in [0.1, 0.15) is 5.75 Å². The number of carbonyl (C=O) groups excluding carboxylic acids is 1. The molecule has 28 heavy (non-hydrogen) atoms. The van der Waals surface area contributed by atoms with Crippen LogP contribution in [-0.4, -0.2) is 22.6 Å². The van der Waals surface area contributed by atoms with Gasteiger partial charge in [0.2, 0.25) is 5.88 Å². The van der Waals surface area contributed by atoms with E-state index < -0.39 is 5.91 Å². The molecular weight excluding hydrogens is 490 g/mol. The molecule has 140 valence electrons. The number of rotatable bonds is 4. The zero-order valence-corrected chi connectivity index (χ0v) is 17.5. The van der Waals surface area contributed by atoms with Crippen molar-refractivity contribution >= 4 is 65.1 Å². The van der Waals surface area contributed by atoms with Gasteiger partial charge in [0.05, 0.1) is 5.52 Å². The van der Waals surface area contributed by atoms with E-state index in [0.717, 1.165) is 19.7 Å². The molecule has 0 saturated carbocycles. The van der Waals surface area contributed by atoms with Crippen LogP contribution >= 0.6 is 31.9 Å². The van der Waals surface area contributed by atoms with Crippen molar-refractivity contribution < 1.29 is 14.6 Å². The largest absolute Gasteiger partial charge is 0.493 e. The zero-order valence-electron chi connectivity index (χ0n) is 14.3. The molecule has 0 aliphatic rings. The number of halogens is 2. The molecule has 6 nitrogen and oxygen atoms in total. The van der Waals surface area contributed by atoms with Crippen LogP contribution in [0, 0.1) is 0 Å². The van der Waals surface area contributed by atoms with Crippen molar-refractivity contribution in [2.75, 3.05) is 6.61 Å². The van der Waals surface area contributed by atoms with Crippen LogP contribution in [-0.2, 0) is 4.79 Å². The van der Waals surface area contributed by atoms with Gasteiger partial charge in [0, 0.05) is 19.7 Å². The van der Waals surface area contributed by atoms with Gasteiger partial charge >= 0.3 is 5.91 Å². The normalized spacial score (nSPS) is 11.5. The molecule has 0 aliphatic carbocycles. The fourth-order valence-electron chi connectivity index (χ4n) is 2.89. The van der Waals surface area contributed by atoms with E-state index in [1.807, 2.05) is 42.5 Å². The average Bonchev–Trinajstić information content (AvgIpc) is 3.00. The molecule has 3 aromatic carbocycles. The number of nitrogens with zero attached hydrogens (tertiary/aromatic N) is 2. The molecule has 0 fully saturated rings. The highest BCUT2D eigenvalue weighted by Gasteiger charge is 2.14. The summed E-state index contributed by atoms with van der Waals surface area (Å²) in [5, 5.41) is 20.3. The second-order valence-electron chi connectivity index (χ2n) is 5.99. The van der Waals surface area contributed by atoms with Gasteiger partial charge in [-0.25, -0.2) is 0 Å². The lowest BCUT2D eigenvalue weighted by molar-refractivity contribution is -0.120. The van der Waals surface area contributed by atoms with Crippen molar-refractivity contribution in [2.45, 2.75) is 0 Å². The van der Waals surface area contributed by atoms with E-state index in [0.29, 0.717) is 16.7 Å². The van der Waals surface area contributed by atoms with Gasteiger partial charge < -0.3 is 14.8 Å². The van der Waals surface area contributed by atoms with Gasteiger partial charge in [-0.1, -0.05) is 52.3 Å². The maximum absolute atomic E-state index is 12.1. The molecule has 1 amide bonds. The van der Waals surface area contributed by atoms with Gasteiger partial charge in [-0.3, -0.25) is 4.79 Å². The number of fused-ring (bicyclic) bond motifs is 2. The van der Waals surface area contributed by atoms with Crippen LogP contribution in [0.2, 0.25) is 0 Å². The minimum Gasteiger partial charge on any atom is -0.493 e. The summed E-state index contributed by atoms with van der Waals surface area (Å²) in [6.07, 6.45) is 0. The van der Waals surface area contributed by atoms with E-state index in [-0.39, 0.29) is 18.2 Å². The highest BCUT2D eigenvalue weighted by Crippen LogP contribution is 2.40. The number of hydrogen-bond donors (Lipinski definition) is 2. The SMILES string of the molecule is O=C(COc1cccc2ccccc12)N=Nc1c(O)[nH]c2c(Br)cc(Br)cc12. The molecule has 0 radical (unpaired) electrons. The molecule has 0 bridgehead atoms. The smallest absolute Gasteiger partial charge is 0.302 e. The Morgan fingerprint density at radius 1 is 1.07 bits per heavy atom. The van der Waals surface area contributed by atoms with Gasteiger partial charge in [-0.15, -0.1) is 10.2 Å². The van der Waals surface area contributed by atoms with Crippen LogP contribution in [0.3, 0.4) is 0 Å². The van der Waals surface area contributed by atoms with E-state index in [2.05, 4.69) is 47.1 Å². The Kier molecular flexibility index (Phi) is 5.15. The number of ether oxygens (including phenoxy) is 1. The quantitative estimate of drug-likeness (QED) is 0.324. The third-order valence-corrected chi connectivity index (χ3v) is 5.22. The lowest BCUT2D eigenvalue weighted by Crippen LogP contribution is -2.08. The highest BCUT2D eigenvalue weighted by molar-refractivity contribution is 9.11. The Balaban J connectivity index is 1.53. The second kappa shape index (κ2) is 7.73. The fraction of sp³-hybridized carbons (Fsp3) is 0.0500. The standard InChI is InChI=1S/C20H13Br2N3O3/c21-12-8-14-18(15(22)9-12)23-20(27)19(14)25-24-17(26)10-28-16-7-3-5-11-4-1-2-6-13(11)16/h1-9,23,27H,10H2. The summed E-state index contributed by atoms with van der Waals surface area (Å²) in [4.78, 5) is 14.9. The number of benzene rings is 3. The number of azo groups is 1. The number of amides is 1. The van der Waals surface area contributed by atoms with E-state index in [4.69, 9.17) is 4.74 Å². The summed E-state index contributed by atoms with van der Waals surface area (Å²) in [5.41, 5.74) is 0.851. The van der Waals surface area contributed by atoms with E-state index in [1.165, 1.54) is 0 Å². The molecule has 0 unspecified atom stereocenters. The first-order chi connectivity index (χ1) is 13.5. The molecule has 2 N–H and O–H groups in total. The molecule has 1 aromatic heterocycles. The van der Waals surface area contributed by atoms with Crippen LogP contribution in [0.5, 0.6) is 11.6 Å². The van der Waals surface area contributed by atoms with E-state index in [9.17, 15) is 9.90 Å². The van der Waals surface area contributed by atoms with Crippen LogP contribution in [0.4, 0.5) is 5.69 Å². The Hall–Kier alpha value is -2.71. The molecular formula is C20H13Br2N3O3. The summed E-state index contributed by atoms with van der Waals surface area (Å²) in [5.74, 6) is -0.125. The zero-order chi connectivity index (χ0) is 19.7. The topological polar surface area (TPSA) is 87.0 Å². The van der Waals surface area contributed by atoms with Crippen LogP contribution in [0.1, 0.15) is 0 Å². The average molecular weight is 503 g/mol. The highest BCUT2D eigenvalue weighted by atomic mass is 79.9. The van der Waals surface area contributed by atoms with E-state index in [1.54, 1.807) is 12.1 Å². The van der Waals surface area contributed by atoms with Crippen LogP contribution in [0.25, 0.3) is 21.7 Å².